The Kier molecular flexibility index (Phi) is 5.68. The molecule has 146 valence electrons. The first-order chi connectivity index (χ1) is 12.7. The number of rotatable bonds is 6. The summed E-state index contributed by atoms with van der Waals surface area (Å²) in [6, 6.07) is 5.08. The van der Waals surface area contributed by atoms with Gasteiger partial charge in [0.2, 0.25) is 5.78 Å². The van der Waals surface area contributed by atoms with E-state index in [-0.39, 0.29) is 31.1 Å². The molecule has 1 aliphatic carbocycles. The van der Waals surface area contributed by atoms with Gasteiger partial charge in [0.25, 0.3) is 5.92 Å². The Balaban J connectivity index is 1.82. The first kappa shape index (κ1) is 20.0. The first-order valence-electron chi connectivity index (χ1n) is 9.14. The Hall–Kier alpha value is -1.79. The van der Waals surface area contributed by atoms with Crippen molar-refractivity contribution in [1.29, 1.82) is 5.41 Å². The van der Waals surface area contributed by atoms with Gasteiger partial charge >= 0.3 is 0 Å². The molecule has 2 aromatic rings. The molecular formula is C20H23ClF2N2O2. The molecule has 2 heterocycles. The third-order valence-corrected chi connectivity index (χ3v) is 5.80. The number of pyridine rings is 1. The number of fused-ring (bicyclic) bond motifs is 1. The summed E-state index contributed by atoms with van der Waals surface area (Å²) in [5, 5.41) is 17.9. The van der Waals surface area contributed by atoms with Crippen molar-refractivity contribution >= 4 is 28.6 Å². The summed E-state index contributed by atoms with van der Waals surface area (Å²) in [7, 11) is 0. The molecule has 0 amide bonds. The number of hydrogen-bond acceptors (Lipinski definition) is 3. The maximum absolute atomic E-state index is 13.7. The van der Waals surface area contributed by atoms with Crippen LogP contribution in [0.15, 0.2) is 24.4 Å². The van der Waals surface area contributed by atoms with Gasteiger partial charge in [0.15, 0.2) is 0 Å². The fourth-order valence-corrected chi connectivity index (χ4v) is 4.19. The number of hydrogen-bond donors (Lipinski definition) is 2. The Labute approximate surface area is 161 Å². The van der Waals surface area contributed by atoms with Crippen LogP contribution in [-0.2, 0) is 6.42 Å². The van der Waals surface area contributed by atoms with E-state index in [0.717, 1.165) is 5.69 Å². The number of halogens is 3. The van der Waals surface area contributed by atoms with Crippen LogP contribution in [0.25, 0.3) is 5.52 Å². The average molecular weight is 397 g/mol. The molecule has 3 rings (SSSR count). The van der Waals surface area contributed by atoms with Gasteiger partial charge in [0, 0.05) is 37.3 Å². The van der Waals surface area contributed by atoms with E-state index in [0.29, 0.717) is 35.4 Å². The third-order valence-electron chi connectivity index (χ3n) is 5.49. The van der Waals surface area contributed by atoms with Crippen molar-refractivity contribution in [2.24, 2.45) is 11.8 Å². The zero-order valence-electron chi connectivity index (χ0n) is 15.1. The highest BCUT2D eigenvalue weighted by Crippen LogP contribution is 2.42. The number of aromatic nitrogens is 1. The highest BCUT2D eigenvalue weighted by Gasteiger charge is 2.42. The Morgan fingerprint density at radius 2 is 2.22 bits per heavy atom. The molecular weight excluding hydrogens is 374 g/mol. The molecule has 1 saturated carbocycles. The van der Waals surface area contributed by atoms with Crippen molar-refractivity contribution in [3.8, 4) is 0 Å². The quantitative estimate of drug-likeness (QED) is 0.544. The minimum atomic E-state index is -2.66. The third kappa shape index (κ3) is 3.92. The van der Waals surface area contributed by atoms with Crippen LogP contribution in [0.3, 0.4) is 0 Å². The summed E-state index contributed by atoms with van der Waals surface area (Å²) in [6.45, 7) is 1.46. The molecule has 2 atom stereocenters. The Morgan fingerprint density at radius 1 is 1.48 bits per heavy atom. The van der Waals surface area contributed by atoms with Crippen LogP contribution >= 0.6 is 11.6 Å². The topological polar surface area (TPSA) is 65.6 Å². The maximum Gasteiger partial charge on any atom is 0.250 e. The number of alkyl halides is 2. The lowest BCUT2D eigenvalue weighted by Crippen LogP contribution is -2.34. The lowest BCUT2D eigenvalue weighted by atomic mass is 9.77. The van der Waals surface area contributed by atoms with Crippen LogP contribution in [0.2, 0.25) is 5.02 Å². The molecule has 0 aromatic carbocycles. The van der Waals surface area contributed by atoms with Gasteiger partial charge in [0.1, 0.15) is 0 Å². The summed E-state index contributed by atoms with van der Waals surface area (Å²) in [5.74, 6) is -3.92. The van der Waals surface area contributed by atoms with Gasteiger partial charge < -0.3 is 14.9 Å². The molecule has 7 heteroatoms. The van der Waals surface area contributed by atoms with Crippen LogP contribution in [-0.4, -0.2) is 33.5 Å². The van der Waals surface area contributed by atoms with Crippen LogP contribution in [0, 0.1) is 17.2 Å². The number of nitrogens with one attached hydrogen (secondary N) is 1. The monoisotopic (exact) mass is 396 g/mol. The Morgan fingerprint density at radius 3 is 2.89 bits per heavy atom. The molecule has 2 aromatic heterocycles. The molecule has 0 radical (unpaired) electrons. The van der Waals surface area contributed by atoms with E-state index in [4.69, 9.17) is 17.0 Å². The van der Waals surface area contributed by atoms with Gasteiger partial charge in [-0.05, 0) is 43.4 Å². The molecule has 2 N–H and O–H groups in total. The fraction of sp³-hybridized carbons (Fsp3) is 0.500. The van der Waals surface area contributed by atoms with Gasteiger partial charge in [0.05, 0.1) is 21.8 Å². The van der Waals surface area contributed by atoms with Gasteiger partial charge in [-0.25, -0.2) is 8.78 Å². The number of carbonyl (C=O) groups excluding carboxylic acids is 1. The molecule has 1 aliphatic rings. The molecule has 27 heavy (non-hydrogen) atoms. The minimum Gasteiger partial charge on any atom is -0.396 e. The van der Waals surface area contributed by atoms with Crippen molar-refractivity contribution in [2.75, 3.05) is 6.61 Å². The second-order valence-electron chi connectivity index (χ2n) is 7.41. The summed E-state index contributed by atoms with van der Waals surface area (Å²) in [6.07, 6.45) is 2.75. The minimum absolute atomic E-state index is 0.0715. The van der Waals surface area contributed by atoms with Gasteiger partial charge in [-0.3, -0.25) is 4.79 Å². The predicted molar refractivity (Wildman–Crippen MR) is 101 cm³/mol. The largest absolute Gasteiger partial charge is 0.396 e. The Bertz CT molecular complexity index is 878. The number of Topliss-reactive ketones (excluding diaryl/α,β-unsaturated/α-hetero) is 1. The lowest BCUT2D eigenvalue weighted by Gasteiger charge is -2.33. The van der Waals surface area contributed by atoms with E-state index >= 15 is 0 Å². The second-order valence-corrected chi connectivity index (χ2v) is 7.82. The summed E-state index contributed by atoms with van der Waals surface area (Å²) < 4.78 is 29.1. The van der Waals surface area contributed by atoms with Crippen molar-refractivity contribution < 1.29 is 18.7 Å². The van der Waals surface area contributed by atoms with Gasteiger partial charge in [-0.15, -0.1) is 0 Å². The molecule has 0 saturated heterocycles. The zero-order chi connectivity index (χ0) is 19.8. The van der Waals surface area contributed by atoms with E-state index in [1.807, 2.05) is 0 Å². The maximum atomic E-state index is 13.7. The van der Waals surface area contributed by atoms with Crippen molar-refractivity contribution in [2.45, 2.75) is 45.0 Å². The highest BCUT2D eigenvalue weighted by atomic mass is 35.5. The van der Waals surface area contributed by atoms with Gasteiger partial charge in [-0.2, -0.15) is 0 Å². The van der Waals surface area contributed by atoms with E-state index in [2.05, 4.69) is 0 Å². The van der Waals surface area contributed by atoms with Crippen LogP contribution < -0.4 is 0 Å². The van der Waals surface area contributed by atoms with Crippen LogP contribution in [0.5, 0.6) is 0 Å². The molecule has 0 spiro atoms. The van der Waals surface area contributed by atoms with E-state index < -0.39 is 17.6 Å². The predicted octanol–water partition coefficient (Wildman–Crippen LogP) is 4.79. The molecule has 0 bridgehead atoms. The SMILES string of the molecule is CC1CC(CC(=N)C(=O)c2cc(CCO)n3cccc(Cl)c23)CCC1(F)F. The normalized spacial score (nSPS) is 22.1. The van der Waals surface area contributed by atoms with Crippen LogP contribution in [0.1, 0.15) is 48.7 Å². The number of nitrogens with zero attached hydrogens (tertiary/aromatic N) is 1. The summed E-state index contributed by atoms with van der Waals surface area (Å²) in [5.41, 5.74) is 1.49. The standard InChI is InChI=1S/C20H23ClF2N2O2/c1-12-9-13(4-6-20(12,22)23)10-17(24)19(27)15-11-14(5-8-26)25-7-2-3-16(21)18(15)25/h2-3,7,11-13,24,26H,4-6,8-10H2,1H3. The van der Waals surface area contributed by atoms with E-state index in [1.165, 1.54) is 6.92 Å². The average Bonchev–Trinajstić information content (AvgIpc) is 2.98. The number of aliphatic hydroxyl groups excluding tert-OH is 1. The number of carbonyl (C=O) groups is 1. The molecule has 1 fully saturated rings. The van der Waals surface area contributed by atoms with E-state index in [1.54, 1.807) is 28.8 Å². The lowest BCUT2D eigenvalue weighted by molar-refractivity contribution is -0.0899. The van der Waals surface area contributed by atoms with E-state index in [9.17, 15) is 18.7 Å². The molecule has 2 unspecified atom stereocenters. The smallest absolute Gasteiger partial charge is 0.250 e. The molecule has 0 aliphatic heterocycles. The van der Waals surface area contributed by atoms with Crippen molar-refractivity contribution in [3.63, 3.8) is 0 Å². The molecule has 4 nitrogen and oxygen atoms in total. The van der Waals surface area contributed by atoms with Crippen molar-refractivity contribution in [3.05, 3.63) is 40.7 Å². The zero-order valence-corrected chi connectivity index (χ0v) is 15.9. The second kappa shape index (κ2) is 7.68. The van der Waals surface area contributed by atoms with Crippen LogP contribution in [0.4, 0.5) is 8.78 Å². The fourth-order valence-electron chi connectivity index (χ4n) is 3.93. The number of aliphatic hydroxyl groups is 1. The van der Waals surface area contributed by atoms with Gasteiger partial charge in [-0.1, -0.05) is 18.5 Å². The number of ketones is 1. The summed E-state index contributed by atoms with van der Waals surface area (Å²) >= 11 is 6.28. The first-order valence-corrected chi connectivity index (χ1v) is 9.51. The van der Waals surface area contributed by atoms with Crippen molar-refractivity contribution in [1.82, 2.24) is 4.40 Å². The summed E-state index contributed by atoms with van der Waals surface area (Å²) in [4.78, 5) is 12.9. The highest BCUT2D eigenvalue weighted by molar-refractivity contribution is 6.47.